The van der Waals surface area contributed by atoms with Crippen molar-refractivity contribution in [2.24, 2.45) is 5.92 Å². The summed E-state index contributed by atoms with van der Waals surface area (Å²) >= 11 is 0. The largest absolute Gasteiger partial charge is 0.481 e. The highest BCUT2D eigenvalue weighted by atomic mass is 19.1. The standard InChI is InChI=1S/C20H19FN2O4/c21-15-7-4-12(5-8-15)18(24)22-16-3-1-2-13(10-16)19(25)23-17-9-6-14(11-17)20(26)27/h1-5,7-8,10,14,17H,6,9,11H2,(H,22,24)(H,23,25)(H,26,27)/t14-,17+/m0/s1. The predicted octanol–water partition coefficient (Wildman–Crippen LogP) is 3.06. The van der Waals surface area contributed by atoms with Crippen molar-refractivity contribution in [3.05, 3.63) is 65.5 Å². The van der Waals surface area contributed by atoms with E-state index >= 15 is 0 Å². The molecule has 1 fully saturated rings. The maximum absolute atomic E-state index is 12.9. The van der Waals surface area contributed by atoms with Crippen LogP contribution >= 0.6 is 0 Å². The maximum atomic E-state index is 12.9. The Morgan fingerprint density at radius 3 is 2.37 bits per heavy atom. The summed E-state index contributed by atoms with van der Waals surface area (Å²) in [6.45, 7) is 0. The number of carboxylic acids is 1. The van der Waals surface area contributed by atoms with E-state index in [0.29, 0.717) is 36.1 Å². The van der Waals surface area contributed by atoms with E-state index in [1.807, 2.05) is 0 Å². The number of rotatable bonds is 5. The molecule has 0 aromatic heterocycles. The summed E-state index contributed by atoms with van der Waals surface area (Å²) in [5.41, 5.74) is 1.11. The number of hydrogen-bond acceptors (Lipinski definition) is 3. The number of aliphatic carboxylic acids is 1. The number of nitrogens with one attached hydrogen (secondary N) is 2. The molecule has 0 radical (unpaired) electrons. The summed E-state index contributed by atoms with van der Waals surface area (Å²) in [4.78, 5) is 35.6. The van der Waals surface area contributed by atoms with Crippen LogP contribution in [0, 0.1) is 11.7 Å². The number of halogens is 1. The van der Waals surface area contributed by atoms with E-state index < -0.39 is 23.6 Å². The normalized spacial score (nSPS) is 18.7. The summed E-state index contributed by atoms with van der Waals surface area (Å²) in [5.74, 6) is -2.41. The van der Waals surface area contributed by atoms with E-state index in [4.69, 9.17) is 5.11 Å². The molecule has 2 amide bonds. The first-order valence-electron chi connectivity index (χ1n) is 8.63. The monoisotopic (exact) mass is 370 g/mol. The van der Waals surface area contributed by atoms with Crippen LogP contribution in [0.5, 0.6) is 0 Å². The van der Waals surface area contributed by atoms with E-state index in [1.54, 1.807) is 24.3 Å². The summed E-state index contributed by atoms with van der Waals surface area (Å²) in [7, 11) is 0. The summed E-state index contributed by atoms with van der Waals surface area (Å²) in [6, 6.07) is 11.4. The first-order chi connectivity index (χ1) is 12.9. The van der Waals surface area contributed by atoms with Gasteiger partial charge < -0.3 is 15.7 Å². The molecule has 0 unspecified atom stereocenters. The molecule has 7 heteroatoms. The Labute approximate surface area is 155 Å². The first kappa shape index (κ1) is 18.6. The molecule has 27 heavy (non-hydrogen) atoms. The quantitative estimate of drug-likeness (QED) is 0.754. The lowest BCUT2D eigenvalue weighted by Gasteiger charge is -2.13. The second-order valence-corrected chi connectivity index (χ2v) is 6.56. The third-order valence-corrected chi connectivity index (χ3v) is 4.61. The number of anilines is 1. The molecule has 2 atom stereocenters. The first-order valence-corrected chi connectivity index (χ1v) is 8.63. The van der Waals surface area contributed by atoms with Gasteiger partial charge in [-0.1, -0.05) is 6.07 Å². The number of carbonyl (C=O) groups excluding carboxylic acids is 2. The number of amides is 2. The maximum Gasteiger partial charge on any atom is 0.306 e. The average Bonchev–Trinajstić information content (AvgIpc) is 3.11. The molecule has 1 saturated carbocycles. The molecule has 0 spiro atoms. The van der Waals surface area contributed by atoms with Crippen LogP contribution in [0.15, 0.2) is 48.5 Å². The fourth-order valence-corrected chi connectivity index (χ4v) is 3.15. The fraction of sp³-hybridized carbons (Fsp3) is 0.250. The second-order valence-electron chi connectivity index (χ2n) is 6.56. The Morgan fingerprint density at radius 2 is 1.70 bits per heavy atom. The van der Waals surface area contributed by atoms with Gasteiger partial charge in [0.1, 0.15) is 5.82 Å². The zero-order valence-electron chi connectivity index (χ0n) is 14.4. The Morgan fingerprint density at radius 1 is 0.963 bits per heavy atom. The van der Waals surface area contributed by atoms with Crippen molar-refractivity contribution in [1.82, 2.24) is 5.32 Å². The molecular formula is C20H19FN2O4. The Kier molecular flexibility index (Phi) is 5.49. The van der Waals surface area contributed by atoms with Gasteiger partial charge in [-0.2, -0.15) is 0 Å². The van der Waals surface area contributed by atoms with Gasteiger partial charge >= 0.3 is 5.97 Å². The van der Waals surface area contributed by atoms with Crippen molar-refractivity contribution in [1.29, 1.82) is 0 Å². The van der Waals surface area contributed by atoms with Crippen LogP contribution in [0.1, 0.15) is 40.0 Å². The minimum Gasteiger partial charge on any atom is -0.481 e. The van der Waals surface area contributed by atoms with E-state index in [-0.39, 0.29) is 11.9 Å². The molecule has 2 aromatic rings. The molecule has 140 valence electrons. The lowest BCUT2D eigenvalue weighted by Crippen LogP contribution is -2.33. The van der Waals surface area contributed by atoms with Crippen molar-refractivity contribution in [2.75, 3.05) is 5.32 Å². The fourth-order valence-electron chi connectivity index (χ4n) is 3.15. The summed E-state index contributed by atoms with van der Waals surface area (Å²) in [6.07, 6.45) is 1.60. The summed E-state index contributed by atoms with van der Waals surface area (Å²) in [5, 5.41) is 14.5. The second kappa shape index (κ2) is 7.99. The smallest absolute Gasteiger partial charge is 0.306 e. The van der Waals surface area contributed by atoms with Gasteiger partial charge in [0.15, 0.2) is 0 Å². The lowest BCUT2D eigenvalue weighted by molar-refractivity contribution is -0.141. The number of carboxylic acid groups (broad SMARTS) is 1. The molecule has 0 heterocycles. The lowest BCUT2D eigenvalue weighted by atomic mass is 10.1. The summed E-state index contributed by atoms with van der Waals surface area (Å²) < 4.78 is 12.9. The zero-order chi connectivity index (χ0) is 19.4. The highest BCUT2D eigenvalue weighted by Gasteiger charge is 2.30. The molecule has 0 aliphatic heterocycles. The topological polar surface area (TPSA) is 95.5 Å². The van der Waals surface area contributed by atoms with Crippen LogP contribution in [0.25, 0.3) is 0 Å². The van der Waals surface area contributed by atoms with Crippen molar-refractivity contribution >= 4 is 23.5 Å². The van der Waals surface area contributed by atoms with Crippen LogP contribution in [-0.2, 0) is 4.79 Å². The molecule has 3 rings (SSSR count). The van der Waals surface area contributed by atoms with Gasteiger partial charge in [0, 0.05) is 22.9 Å². The zero-order valence-corrected chi connectivity index (χ0v) is 14.4. The third-order valence-electron chi connectivity index (χ3n) is 4.61. The van der Waals surface area contributed by atoms with Crippen LogP contribution in [0.4, 0.5) is 10.1 Å². The average molecular weight is 370 g/mol. The molecule has 1 aliphatic rings. The number of carbonyl (C=O) groups is 3. The van der Waals surface area contributed by atoms with Gasteiger partial charge in [-0.3, -0.25) is 14.4 Å². The van der Waals surface area contributed by atoms with Gasteiger partial charge in [-0.05, 0) is 61.7 Å². The predicted molar refractivity (Wildman–Crippen MR) is 97.0 cm³/mol. The highest BCUT2D eigenvalue weighted by molar-refractivity contribution is 6.05. The van der Waals surface area contributed by atoms with Crippen molar-refractivity contribution in [3.63, 3.8) is 0 Å². The molecule has 1 aliphatic carbocycles. The highest BCUT2D eigenvalue weighted by Crippen LogP contribution is 2.26. The van der Waals surface area contributed by atoms with Gasteiger partial charge in [-0.25, -0.2) is 4.39 Å². The Balaban J connectivity index is 1.63. The van der Waals surface area contributed by atoms with Crippen molar-refractivity contribution in [2.45, 2.75) is 25.3 Å². The third kappa shape index (κ3) is 4.69. The van der Waals surface area contributed by atoms with E-state index in [2.05, 4.69) is 10.6 Å². The molecule has 0 saturated heterocycles. The SMILES string of the molecule is O=C(Nc1cccc(C(=O)N[C@@H]2CC[C@H](C(=O)O)C2)c1)c1ccc(F)cc1. The Hall–Kier alpha value is -3.22. The van der Waals surface area contributed by atoms with Gasteiger partial charge in [0.25, 0.3) is 11.8 Å². The number of hydrogen-bond donors (Lipinski definition) is 3. The van der Waals surface area contributed by atoms with E-state index in [0.717, 1.165) is 0 Å². The van der Waals surface area contributed by atoms with E-state index in [9.17, 15) is 18.8 Å². The van der Waals surface area contributed by atoms with Crippen LogP contribution in [0.2, 0.25) is 0 Å². The van der Waals surface area contributed by atoms with Crippen LogP contribution < -0.4 is 10.6 Å². The molecular weight excluding hydrogens is 351 g/mol. The molecule has 3 N–H and O–H groups in total. The minimum absolute atomic E-state index is 0.170. The number of benzene rings is 2. The Bertz CT molecular complexity index is 867. The molecule has 6 nitrogen and oxygen atoms in total. The van der Waals surface area contributed by atoms with Crippen molar-refractivity contribution in [3.8, 4) is 0 Å². The van der Waals surface area contributed by atoms with Gasteiger partial charge in [0.2, 0.25) is 0 Å². The van der Waals surface area contributed by atoms with Gasteiger partial charge in [-0.15, -0.1) is 0 Å². The van der Waals surface area contributed by atoms with Crippen LogP contribution in [-0.4, -0.2) is 28.9 Å². The molecule has 2 aromatic carbocycles. The molecule has 0 bridgehead atoms. The van der Waals surface area contributed by atoms with Crippen LogP contribution in [0.3, 0.4) is 0 Å². The van der Waals surface area contributed by atoms with Crippen molar-refractivity contribution < 1.29 is 23.9 Å². The minimum atomic E-state index is -0.836. The van der Waals surface area contributed by atoms with E-state index in [1.165, 1.54) is 24.3 Å². The van der Waals surface area contributed by atoms with Gasteiger partial charge in [0.05, 0.1) is 5.92 Å².